The number of benzene rings is 2. The Bertz CT molecular complexity index is 2530. The minimum absolute atomic E-state index is 0.108. The number of nitrogens with two attached hydrogens (primary N) is 1. The maximum absolute atomic E-state index is 13.2. The molecule has 4 aromatic heterocycles. The molecule has 0 saturated carbocycles. The highest BCUT2D eigenvalue weighted by atomic mass is 35.5. The molecule has 6 heterocycles. The molecule has 2 aliphatic rings. The van der Waals surface area contributed by atoms with Gasteiger partial charge in [-0.15, -0.1) is 40.8 Å². The highest BCUT2D eigenvalue weighted by Gasteiger charge is 2.45. The van der Waals surface area contributed by atoms with Crippen LogP contribution in [0.1, 0.15) is 43.6 Å². The van der Waals surface area contributed by atoms with E-state index in [-0.39, 0.29) is 67.1 Å². The van der Waals surface area contributed by atoms with Gasteiger partial charge in [-0.1, -0.05) is 33.5 Å². The first-order valence-corrected chi connectivity index (χ1v) is 18.5. The van der Waals surface area contributed by atoms with Crippen molar-refractivity contribution in [3.05, 3.63) is 93.1 Å². The first-order chi connectivity index (χ1) is 28.2. The van der Waals surface area contributed by atoms with E-state index in [2.05, 4.69) is 54.5 Å². The van der Waals surface area contributed by atoms with Crippen LogP contribution < -0.4 is 30.0 Å². The lowest BCUT2D eigenvalue weighted by Crippen LogP contribution is -2.25. The van der Waals surface area contributed by atoms with Crippen LogP contribution in [0.3, 0.4) is 0 Å². The van der Waals surface area contributed by atoms with Crippen LogP contribution in [0.25, 0.3) is 22.5 Å². The lowest BCUT2D eigenvalue weighted by atomic mass is 10.1. The zero-order chi connectivity index (χ0) is 44.1. The van der Waals surface area contributed by atoms with Gasteiger partial charge in [0.05, 0.1) is 51.6 Å². The molecule has 60 heavy (non-hydrogen) atoms. The van der Waals surface area contributed by atoms with Crippen molar-refractivity contribution < 1.29 is 55.1 Å². The van der Waals surface area contributed by atoms with Crippen molar-refractivity contribution in [1.29, 1.82) is 0 Å². The number of fused-ring (bicyclic) bond motifs is 2. The molecule has 2 aliphatic heterocycles. The molecule has 3 N–H and O–H groups in total. The number of anilines is 2. The molecule has 2 aromatic carbocycles. The van der Waals surface area contributed by atoms with Crippen molar-refractivity contribution in [2.75, 3.05) is 16.4 Å². The van der Waals surface area contributed by atoms with Crippen LogP contribution in [0.2, 0.25) is 10.0 Å². The van der Waals surface area contributed by atoms with Crippen molar-refractivity contribution in [2.45, 2.75) is 40.3 Å². The topological polar surface area (TPSA) is 213 Å². The molecule has 0 fully saturated rings. The SMILES string of the molecule is Cc1onc(C(=O)Cl)c1C.Cc1onc(C(=O)Nc2cnc(-c3cc4c(cc3Cl)OC(F)(F)O4)cn2)c1C.ClCCl.Nc1cnc(-c2cc3c(cc2Cl)OC(F)(F)O3)cn1. The highest BCUT2D eigenvalue weighted by Crippen LogP contribution is 2.47. The Kier molecular flexibility index (Phi) is 14.2. The van der Waals surface area contributed by atoms with Gasteiger partial charge in [-0.05, 0) is 51.4 Å². The van der Waals surface area contributed by atoms with Crippen molar-refractivity contribution in [3.63, 3.8) is 0 Å². The van der Waals surface area contributed by atoms with Crippen molar-refractivity contribution >= 4 is 80.8 Å². The third kappa shape index (κ3) is 10.9. The number of amides is 1. The van der Waals surface area contributed by atoms with E-state index in [4.69, 9.17) is 72.8 Å². The number of carbonyl (C=O) groups is 2. The van der Waals surface area contributed by atoms with Gasteiger partial charge in [0.15, 0.2) is 40.2 Å². The second kappa shape index (κ2) is 18.7. The third-order valence-corrected chi connectivity index (χ3v) is 8.62. The van der Waals surface area contributed by atoms with Gasteiger partial charge in [-0.2, -0.15) is 0 Å². The molecule has 6 aromatic rings. The van der Waals surface area contributed by atoms with E-state index in [0.717, 1.165) is 0 Å². The fourth-order valence-corrected chi connectivity index (χ4v) is 5.43. The Balaban J connectivity index is 0.000000183. The molecule has 16 nitrogen and oxygen atoms in total. The number of aromatic nitrogens is 6. The largest absolute Gasteiger partial charge is 0.586 e. The van der Waals surface area contributed by atoms with E-state index in [0.29, 0.717) is 39.5 Å². The fraction of sp³-hybridized carbons (Fsp3) is 0.200. The summed E-state index contributed by atoms with van der Waals surface area (Å²) in [6, 6.07) is 5.05. The summed E-state index contributed by atoms with van der Waals surface area (Å²) in [5.41, 5.74) is 8.48. The molecule has 0 atom stereocenters. The molecule has 1 amide bonds. The number of hydrogen-bond acceptors (Lipinski definition) is 15. The number of carbonyl (C=O) groups excluding carboxylic acids is 2. The maximum atomic E-state index is 13.2. The van der Waals surface area contributed by atoms with Crippen molar-refractivity contribution in [1.82, 2.24) is 30.2 Å². The number of nitrogens with zero attached hydrogens (tertiary/aromatic N) is 6. The summed E-state index contributed by atoms with van der Waals surface area (Å²) >= 11 is 26.8. The Labute approximate surface area is 360 Å². The Hall–Kier alpha value is -5.67. The second-order valence-corrected chi connectivity index (χ2v) is 13.7. The van der Waals surface area contributed by atoms with Gasteiger partial charge in [0.1, 0.15) is 17.3 Å². The second-order valence-electron chi connectivity index (χ2n) is 11.8. The molecule has 0 aliphatic carbocycles. The zero-order valence-electron chi connectivity index (χ0n) is 30.8. The van der Waals surface area contributed by atoms with Crippen molar-refractivity contribution in [3.8, 4) is 45.5 Å². The summed E-state index contributed by atoms with van der Waals surface area (Å²) in [4.78, 5) is 38.9. The Morgan fingerprint density at radius 3 is 1.43 bits per heavy atom. The van der Waals surface area contributed by atoms with Crippen LogP contribution in [-0.2, 0) is 0 Å². The van der Waals surface area contributed by atoms with E-state index < -0.39 is 23.7 Å². The third-order valence-electron chi connectivity index (χ3n) is 7.81. The van der Waals surface area contributed by atoms with Gasteiger partial charge >= 0.3 is 12.6 Å². The van der Waals surface area contributed by atoms with Crippen LogP contribution >= 0.6 is 58.0 Å². The zero-order valence-corrected chi connectivity index (χ0v) is 34.5. The van der Waals surface area contributed by atoms with Crippen LogP contribution in [0, 0.1) is 27.7 Å². The summed E-state index contributed by atoms with van der Waals surface area (Å²) < 4.78 is 79.3. The predicted octanol–water partition coefficient (Wildman–Crippen LogP) is 9.77. The van der Waals surface area contributed by atoms with Crippen LogP contribution in [0.15, 0.2) is 58.1 Å². The van der Waals surface area contributed by atoms with E-state index in [1.54, 1.807) is 27.7 Å². The summed E-state index contributed by atoms with van der Waals surface area (Å²) in [6.07, 6.45) is -2.08. The maximum Gasteiger partial charge on any atom is 0.586 e. The van der Waals surface area contributed by atoms with Gasteiger partial charge in [-0.3, -0.25) is 19.6 Å². The standard InChI is InChI=1S/C17H11ClF2N4O4.C11H6ClF2N3O2.C6H6ClNO2.CH2Cl2/c1-7-8(2)28-24-15(7)16(25)23-14-6-21-11(5-22-14)9-3-12-13(4-10(9)18)27-17(19,20)26-12;12-6-2-9-8(18-11(13,14)19-9)1-5(6)7-3-17-10(15)4-16-7;1-3-4(2)10-8-5(3)6(7)9;2-1-3/h3-6H,1-2H3,(H,22,23,25);1-4H,(H2,15,17);1-2H3;1H2. The number of nitrogens with one attached hydrogen (secondary N) is 1. The van der Waals surface area contributed by atoms with E-state index in [1.165, 1.54) is 49.1 Å². The number of aryl methyl sites for hydroxylation is 2. The molecule has 8 rings (SSSR count). The normalized spacial score (nSPS) is 13.5. The first kappa shape index (κ1) is 45.4. The van der Waals surface area contributed by atoms with Gasteiger partial charge in [0, 0.05) is 34.4 Å². The van der Waals surface area contributed by atoms with Crippen LogP contribution in [0.4, 0.5) is 29.2 Å². The molecular formula is C35H25Cl5F4N8O8. The minimum atomic E-state index is -3.75. The molecular weight excluding hydrogens is 914 g/mol. The average molecular weight is 939 g/mol. The van der Waals surface area contributed by atoms with Gasteiger partial charge in [-0.25, -0.2) is 9.97 Å². The monoisotopic (exact) mass is 936 g/mol. The number of hydrogen-bond donors (Lipinski definition) is 2. The Morgan fingerprint density at radius 1 is 0.667 bits per heavy atom. The lowest BCUT2D eigenvalue weighted by Gasteiger charge is -2.07. The van der Waals surface area contributed by atoms with Gasteiger partial charge in [0.2, 0.25) is 0 Å². The van der Waals surface area contributed by atoms with E-state index in [1.807, 2.05) is 0 Å². The van der Waals surface area contributed by atoms with E-state index in [9.17, 15) is 27.2 Å². The lowest BCUT2D eigenvalue weighted by molar-refractivity contribution is -0.287. The molecule has 0 bridgehead atoms. The number of alkyl halides is 6. The minimum Gasteiger partial charge on any atom is -0.395 e. The van der Waals surface area contributed by atoms with Crippen LogP contribution in [0.5, 0.6) is 23.0 Å². The quantitative estimate of drug-likeness (QED) is 0.0935. The van der Waals surface area contributed by atoms with Crippen LogP contribution in [-0.4, -0.2) is 59.3 Å². The van der Waals surface area contributed by atoms with Gasteiger partial charge in [0.25, 0.3) is 11.1 Å². The number of nitrogen functional groups attached to an aromatic ring is 1. The fourth-order valence-electron chi connectivity index (χ4n) is 4.75. The molecule has 0 saturated heterocycles. The summed E-state index contributed by atoms with van der Waals surface area (Å²) in [6.45, 7) is 6.87. The highest BCUT2D eigenvalue weighted by molar-refractivity contribution is 6.67. The molecule has 0 radical (unpaired) electrons. The van der Waals surface area contributed by atoms with Crippen molar-refractivity contribution in [2.24, 2.45) is 0 Å². The predicted molar refractivity (Wildman–Crippen MR) is 208 cm³/mol. The number of ether oxygens (including phenoxy) is 4. The number of halogens is 9. The number of rotatable bonds is 5. The smallest absolute Gasteiger partial charge is 0.395 e. The molecule has 25 heteroatoms. The molecule has 0 spiro atoms. The Morgan fingerprint density at radius 2 is 1.08 bits per heavy atom. The first-order valence-electron chi connectivity index (χ1n) is 16.3. The molecule has 0 unspecified atom stereocenters. The van der Waals surface area contributed by atoms with Gasteiger partial charge < -0.3 is 39.0 Å². The summed E-state index contributed by atoms with van der Waals surface area (Å²) in [5.74, 6) is 0.502. The molecule has 316 valence electrons. The summed E-state index contributed by atoms with van der Waals surface area (Å²) in [5, 5.41) is 9.64. The average Bonchev–Trinajstić information content (AvgIpc) is 3.89. The van der Waals surface area contributed by atoms with E-state index >= 15 is 0 Å². The summed E-state index contributed by atoms with van der Waals surface area (Å²) in [7, 11) is 0.